The molecule has 0 atom stereocenters. The minimum Gasteiger partial charge on any atom is -0.481 e. The van der Waals surface area contributed by atoms with Crippen LogP contribution in [0.5, 0.6) is 0 Å². The van der Waals surface area contributed by atoms with Gasteiger partial charge in [-0.25, -0.2) is 4.39 Å². The van der Waals surface area contributed by atoms with E-state index in [1.807, 2.05) is 0 Å². The SMILES string of the molecule is O=C(O)CC1(Nc2c(F)cccc2Cl)CNC1. The third kappa shape index (κ3) is 2.50. The highest BCUT2D eigenvalue weighted by molar-refractivity contribution is 6.33. The van der Waals surface area contributed by atoms with Crippen LogP contribution < -0.4 is 10.6 Å². The Morgan fingerprint density at radius 3 is 2.76 bits per heavy atom. The number of nitrogens with one attached hydrogen (secondary N) is 2. The van der Waals surface area contributed by atoms with Gasteiger partial charge in [-0.05, 0) is 12.1 Å². The average molecular weight is 259 g/mol. The molecule has 1 aromatic rings. The van der Waals surface area contributed by atoms with Gasteiger partial charge in [0.05, 0.1) is 22.7 Å². The molecule has 0 radical (unpaired) electrons. The Morgan fingerprint density at radius 2 is 2.29 bits per heavy atom. The number of carboxylic acids is 1. The van der Waals surface area contributed by atoms with Gasteiger partial charge in [-0.15, -0.1) is 0 Å². The number of para-hydroxylation sites is 1. The lowest BCUT2D eigenvalue weighted by molar-refractivity contribution is -0.138. The second-order valence-corrected chi connectivity index (χ2v) is 4.58. The Bertz CT molecular complexity index is 429. The smallest absolute Gasteiger partial charge is 0.305 e. The highest BCUT2D eigenvalue weighted by Gasteiger charge is 2.39. The van der Waals surface area contributed by atoms with E-state index in [0.717, 1.165) is 0 Å². The van der Waals surface area contributed by atoms with Crippen molar-refractivity contribution in [3.63, 3.8) is 0 Å². The largest absolute Gasteiger partial charge is 0.481 e. The van der Waals surface area contributed by atoms with Crippen LogP contribution in [-0.4, -0.2) is 29.7 Å². The highest BCUT2D eigenvalue weighted by Crippen LogP contribution is 2.30. The normalized spacial score (nSPS) is 17.3. The molecule has 4 nitrogen and oxygen atoms in total. The molecule has 0 aromatic heterocycles. The molecule has 0 unspecified atom stereocenters. The van der Waals surface area contributed by atoms with Crippen LogP contribution in [0.3, 0.4) is 0 Å². The van der Waals surface area contributed by atoms with E-state index >= 15 is 0 Å². The predicted octanol–water partition coefficient (Wildman–Crippen LogP) is 1.71. The Labute approximate surface area is 103 Å². The lowest BCUT2D eigenvalue weighted by Crippen LogP contribution is -2.65. The van der Waals surface area contributed by atoms with Gasteiger partial charge >= 0.3 is 5.97 Å². The minimum atomic E-state index is -0.925. The van der Waals surface area contributed by atoms with Crippen molar-refractivity contribution in [1.29, 1.82) is 0 Å². The van der Waals surface area contributed by atoms with Gasteiger partial charge in [0, 0.05) is 13.1 Å². The molecule has 1 aliphatic rings. The molecule has 6 heteroatoms. The third-order valence-electron chi connectivity index (χ3n) is 2.77. The number of halogens is 2. The fraction of sp³-hybridized carbons (Fsp3) is 0.364. The van der Waals surface area contributed by atoms with Crippen molar-refractivity contribution in [3.8, 4) is 0 Å². The number of anilines is 1. The lowest BCUT2D eigenvalue weighted by Gasteiger charge is -2.43. The summed E-state index contributed by atoms with van der Waals surface area (Å²) >= 11 is 5.88. The van der Waals surface area contributed by atoms with Crippen LogP contribution in [0.2, 0.25) is 5.02 Å². The first-order chi connectivity index (χ1) is 8.02. The molecule has 0 saturated carbocycles. The van der Waals surface area contributed by atoms with Crippen molar-refractivity contribution in [3.05, 3.63) is 29.0 Å². The van der Waals surface area contributed by atoms with Gasteiger partial charge in [-0.1, -0.05) is 17.7 Å². The molecule has 0 aliphatic carbocycles. The zero-order valence-corrected chi connectivity index (χ0v) is 9.72. The van der Waals surface area contributed by atoms with E-state index < -0.39 is 17.3 Å². The van der Waals surface area contributed by atoms with E-state index in [1.165, 1.54) is 12.1 Å². The van der Waals surface area contributed by atoms with Gasteiger partial charge in [-0.3, -0.25) is 4.79 Å². The summed E-state index contributed by atoms with van der Waals surface area (Å²) in [6, 6.07) is 4.36. The number of rotatable bonds is 4. The molecule has 1 heterocycles. The topological polar surface area (TPSA) is 61.4 Å². The standard InChI is InChI=1S/C11H12ClFN2O2/c12-7-2-1-3-8(13)10(7)15-11(4-9(16)17)5-14-6-11/h1-3,14-15H,4-6H2,(H,16,17). The Hall–Kier alpha value is -1.33. The van der Waals surface area contributed by atoms with Gasteiger partial charge in [0.15, 0.2) is 0 Å². The molecule has 0 spiro atoms. The summed E-state index contributed by atoms with van der Waals surface area (Å²) in [6.45, 7) is 0.952. The van der Waals surface area contributed by atoms with Crippen LogP contribution in [0, 0.1) is 5.82 Å². The predicted molar refractivity (Wildman–Crippen MR) is 62.9 cm³/mol. The number of aliphatic carboxylic acids is 1. The van der Waals surface area contributed by atoms with E-state index in [1.54, 1.807) is 6.07 Å². The molecule has 17 heavy (non-hydrogen) atoms. The highest BCUT2D eigenvalue weighted by atomic mass is 35.5. The van der Waals surface area contributed by atoms with Crippen LogP contribution in [0.15, 0.2) is 18.2 Å². The Kier molecular flexibility index (Phi) is 3.22. The van der Waals surface area contributed by atoms with E-state index in [9.17, 15) is 9.18 Å². The van der Waals surface area contributed by atoms with Crippen molar-refractivity contribution >= 4 is 23.3 Å². The van der Waals surface area contributed by atoms with Crippen LogP contribution in [0.4, 0.5) is 10.1 Å². The summed E-state index contributed by atoms with van der Waals surface area (Å²) in [4.78, 5) is 10.8. The zero-order chi connectivity index (χ0) is 12.5. The molecule has 92 valence electrons. The Morgan fingerprint density at radius 1 is 1.59 bits per heavy atom. The molecular weight excluding hydrogens is 247 g/mol. The molecule has 2 rings (SSSR count). The molecule has 1 fully saturated rings. The summed E-state index contributed by atoms with van der Waals surface area (Å²) < 4.78 is 13.6. The van der Waals surface area contributed by atoms with E-state index in [4.69, 9.17) is 16.7 Å². The molecule has 1 aromatic carbocycles. The second kappa shape index (κ2) is 4.50. The molecule has 0 bridgehead atoms. The van der Waals surface area contributed by atoms with Crippen LogP contribution >= 0.6 is 11.6 Å². The lowest BCUT2D eigenvalue weighted by atomic mass is 9.88. The van der Waals surface area contributed by atoms with Gasteiger partial charge in [0.1, 0.15) is 5.82 Å². The first-order valence-electron chi connectivity index (χ1n) is 5.17. The fourth-order valence-electron chi connectivity index (χ4n) is 1.86. The summed E-state index contributed by atoms with van der Waals surface area (Å²) in [7, 11) is 0. The maximum atomic E-state index is 13.6. The maximum Gasteiger partial charge on any atom is 0.305 e. The van der Waals surface area contributed by atoms with Crippen LogP contribution in [0.1, 0.15) is 6.42 Å². The van der Waals surface area contributed by atoms with Crippen molar-refractivity contribution in [1.82, 2.24) is 5.32 Å². The fourth-order valence-corrected chi connectivity index (χ4v) is 2.07. The number of carboxylic acid groups (broad SMARTS) is 1. The van der Waals surface area contributed by atoms with Crippen molar-refractivity contribution in [2.24, 2.45) is 0 Å². The first-order valence-corrected chi connectivity index (χ1v) is 5.55. The quantitative estimate of drug-likeness (QED) is 0.769. The number of hydrogen-bond donors (Lipinski definition) is 3. The number of hydrogen-bond acceptors (Lipinski definition) is 3. The molecule has 0 amide bonds. The summed E-state index contributed by atoms with van der Waals surface area (Å²) in [6.07, 6.45) is -0.0787. The first kappa shape index (κ1) is 12.1. The van der Waals surface area contributed by atoms with Crippen LogP contribution in [-0.2, 0) is 4.79 Å². The molecule has 3 N–H and O–H groups in total. The number of benzene rings is 1. The number of carbonyl (C=O) groups is 1. The van der Waals surface area contributed by atoms with Gasteiger partial charge in [-0.2, -0.15) is 0 Å². The van der Waals surface area contributed by atoms with Crippen LogP contribution in [0.25, 0.3) is 0 Å². The van der Waals surface area contributed by atoms with Gasteiger partial charge in [0.25, 0.3) is 0 Å². The monoisotopic (exact) mass is 258 g/mol. The van der Waals surface area contributed by atoms with Crippen molar-refractivity contribution < 1.29 is 14.3 Å². The third-order valence-corrected chi connectivity index (χ3v) is 3.08. The second-order valence-electron chi connectivity index (χ2n) is 4.18. The maximum absolute atomic E-state index is 13.6. The minimum absolute atomic E-state index is 0.0787. The molecule has 1 aliphatic heterocycles. The average Bonchev–Trinajstić information content (AvgIpc) is 2.19. The van der Waals surface area contributed by atoms with E-state index in [2.05, 4.69) is 10.6 Å². The Balaban J connectivity index is 2.21. The van der Waals surface area contributed by atoms with Crippen molar-refractivity contribution in [2.45, 2.75) is 12.0 Å². The molecular formula is C11H12ClFN2O2. The zero-order valence-electron chi connectivity index (χ0n) is 8.96. The summed E-state index contributed by atoms with van der Waals surface area (Å²) in [5.74, 6) is -1.40. The van der Waals surface area contributed by atoms with Gasteiger partial charge < -0.3 is 15.7 Å². The molecule has 1 saturated heterocycles. The summed E-state index contributed by atoms with van der Waals surface area (Å²) in [5, 5.41) is 15.0. The summed E-state index contributed by atoms with van der Waals surface area (Å²) in [5.41, 5.74) is -0.491. The van der Waals surface area contributed by atoms with Crippen molar-refractivity contribution in [2.75, 3.05) is 18.4 Å². The van der Waals surface area contributed by atoms with E-state index in [0.29, 0.717) is 13.1 Å². The van der Waals surface area contributed by atoms with Gasteiger partial charge in [0.2, 0.25) is 0 Å². The van der Waals surface area contributed by atoms with E-state index in [-0.39, 0.29) is 17.1 Å².